The second-order valence-electron chi connectivity index (χ2n) is 5.75. The number of rotatable bonds is 9. The van der Waals surface area contributed by atoms with E-state index in [-0.39, 0.29) is 0 Å². The first-order valence-electron chi connectivity index (χ1n) is 7.90. The van der Waals surface area contributed by atoms with Crippen LogP contribution in [0.2, 0.25) is 0 Å². The van der Waals surface area contributed by atoms with E-state index in [2.05, 4.69) is 20.9 Å². The van der Waals surface area contributed by atoms with Crippen LogP contribution in [0.15, 0.2) is 28.9 Å². The van der Waals surface area contributed by atoms with Crippen molar-refractivity contribution >= 4 is 34.2 Å². The summed E-state index contributed by atoms with van der Waals surface area (Å²) in [4.78, 5) is 16.1. The van der Waals surface area contributed by atoms with Gasteiger partial charge in [0.1, 0.15) is 5.01 Å². The number of aryl methyl sites for hydroxylation is 1. The van der Waals surface area contributed by atoms with Gasteiger partial charge in [-0.3, -0.25) is 21.5 Å². The maximum atomic E-state index is 11.5. The summed E-state index contributed by atoms with van der Waals surface area (Å²) in [5, 5.41) is 6.79. The molecule has 0 radical (unpaired) electrons. The Kier molecular flexibility index (Phi) is 6.76. The second kappa shape index (κ2) is 9.02. The smallest absolute Gasteiger partial charge is 0.167 e. The topological polar surface area (TPSA) is 179 Å². The summed E-state index contributed by atoms with van der Waals surface area (Å²) in [5.74, 6) is 10.4. The van der Waals surface area contributed by atoms with Crippen LogP contribution in [0, 0.1) is 0 Å². The zero-order valence-corrected chi connectivity index (χ0v) is 16.0. The molecule has 0 aromatic carbocycles. The van der Waals surface area contributed by atoms with Gasteiger partial charge in [0.25, 0.3) is 0 Å². The minimum absolute atomic E-state index is 0.370. The molecular formula is C15H24N10OS. The lowest BCUT2D eigenvalue weighted by Gasteiger charge is -2.12. The van der Waals surface area contributed by atoms with Crippen LogP contribution in [-0.2, 0) is 13.5 Å². The first-order valence-corrected chi connectivity index (χ1v) is 8.72. The summed E-state index contributed by atoms with van der Waals surface area (Å²) in [6.45, 7) is 0.370. The quantitative estimate of drug-likeness (QED) is 0.132. The Morgan fingerprint density at radius 2 is 1.96 bits per heavy atom. The number of likely N-dealkylation sites (N-methyl/N-ethyl adjacent to an activating group) is 1. The van der Waals surface area contributed by atoms with E-state index in [1.54, 1.807) is 29.9 Å². The van der Waals surface area contributed by atoms with E-state index in [9.17, 15) is 4.79 Å². The Bertz CT molecular complexity index is 894. The van der Waals surface area contributed by atoms with Crippen molar-refractivity contribution in [2.75, 3.05) is 13.6 Å². The van der Waals surface area contributed by atoms with Crippen LogP contribution in [0.5, 0.6) is 0 Å². The number of nitrogens with two attached hydrogens (primary N) is 4. The number of hydrazine groups is 2. The first-order chi connectivity index (χ1) is 12.9. The van der Waals surface area contributed by atoms with Crippen molar-refractivity contribution in [2.24, 2.45) is 35.3 Å². The van der Waals surface area contributed by atoms with Crippen LogP contribution in [0.4, 0.5) is 0 Å². The number of carbonyl (C=O) groups excluding carboxylic acids is 1. The van der Waals surface area contributed by atoms with Gasteiger partial charge in [-0.25, -0.2) is 4.98 Å². The van der Waals surface area contributed by atoms with Gasteiger partial charge in [-0.05, 0) is 0 Å². The van der Waals surface area contributed by atoms with E-state index in [0.29, 0.717) is 41.3 Å². The summed E-state index contributed by atoms with van der Waals surface area (Å²) in [7, 11) is 3.54. The molecule has 0 aliphatic carbocycles. The highest BCUT2D eigenvalue weighted by molar-refractivity contribution is 7.19. The summed E-state index contributed by atoms with van der Waals surface area (Å²) in [6, 6.07) is 0. The van der Waals surface area contributed by atoms with Crippen molar-refractivity contribution < 1.29 is 4.79 Å². The van der Waals surface area contributed by atoms with E-state index in [0.717, 1.165) is 16.0 Å². The largest absolute Gasteiger partial charge is 0.400 e. The van der Waals surface area contributed by atoms with Crippen molar-refractivity contribution in [3.8, 4) is 0 Å². The molecule has 10 N–H and O–H groups in total. The molecule has 0 amide bonds. The van der Waals surface area contributed by atoms with Crippen LogP contribution >= 0.6 is 11.3 Å². The van der Waals surface area contributed by atoms with Crippen LogP contribution in [0.1, 0.15) is 21.1 Å². The van der Waals surface area contributed by atoms with E-state index >= 15 is 0 Å². The number of nitrogens with one attached hydrogen (secondary N) is 2. The number of hydrazone groups is 1. The van der Waals surface area contributed by atoms with Gasteiger partial charge in [-0.15, -0.1) is 11.3 Å². The van der Waals surface area contributed by atoms with Gasteiger partial charge in [-0.1, -0.05) is 0 Å². The Hall–Kier alpha value is -3.09. The van der Waals surface area contributed by atoms with Gasteiger partial charge >= 0.3 is 0 Å². The monoisotopic (exact) mass is 392 g/mol. The third-order valence-corrected chi connectivity index (χ3v) is 4.73. The highest BCUT2D eigenvalue weighted by Gasteiger charge is 2.18. The number of allylic oxidation sites excluding steroid dienone is 1. The van der Waals surface area contributed by atoms with Crippen LogP contribution < -0.4 is 34.0 Å². The fraction of sp³-hybridized carbons (Fsp3) is 0.267. The number of aromatic nitrogens is 2. The predicted octanol–water partition coefficient (Wildman–Crippen LogP) is -1.22. The van der Waals surface area contributed by atoms with Gasteiger partial charge in [0.05, 0.1) is 23.2 Å². The van der Waals surface area contributed by atoms with Gasteiger partial charge in [-0.2, -0.15) is 5.10 Å². The van der Waals surface area contributed by atoms with Crippen molar-refractivity contribution in [1.29, 1.82) is 0 Å². The normalized spacial score (nSPS) is 12.7. The third kappa shape index (κ3) is 4.75. The van der Waals surface area contributed by atoms with Crippen LogP contribution in [0.3, 0.4) is 0 Å². The standard InChI is InChI=1S/C15H24N10OS/c1-24(7-10(17)5-21-19)22-6-11-12(8-26)25(2)15-14(11)27-13(23-15)3-9(16)4-20-18/h4-6,8,20-21H,3,7,16-19H2,1-2H3/b9-4-,10-5-,22-6-. The number of carbonyl (C=O) groups is 1. The molecule has 0 aliphatic heterocycles. The molecule has 0 unspecified atom stereocenters. The average Bonchev–Trinajstić information content (AvgIpc) is 3.11. The first kappa shape index (κ1) is 20.2. The number of fused-ring (bicyclic) bond motifs is 1. The van der Waals surface area contributed by atoms with Crippen LogP contribution in [0.25, 0.3) is 10.3 Å². The minimum Gasteiger partial charge on any atom is -0.400 e. The zero-order valence-electron chi connectivity index (χ0n) is 15.1. The Labute approximate surface area is 160 Å². The van der Waals surface area contributed by atoms with Gasteiger partial charge < -0.3 is 26.9 Å². The van der Waals surface area contributed by atoms with E-state index in [1.807, 2.05) is 0 Å². The molecule has 11 nitrogen and oxygen atoms in total. The molecule has 27 heavy (non-hydrogen) atoms. The van der Waals surface area contributed by atoms with Crippen molar-refractivity contribution in [3.05, 3.63) is 40.1 Å². The maximum Gasteiger partial charge on any atom is 0.167 e. The molecule has 2 aromatic rings. The van der Waals surface area contributed by atoms with Crippen molar-refractivity contribution in [1.82, 2.24) is 25.4 Å². The summed E-state index contributed by atoms with van der Waals surface area (Å²) in [6.07, 6.45) is 5.85. The summed E-state index contributed by atoms with van der Waals surface area (Å²) >= 11 is 1.45. The third-order valence-electron chi connectivity index (χ3n) is 3.65. The SMILES string of the molecule is CN(C/C(N)=C/NN)/N=C\c1c(C=O)n(C)c2nc(C/C(N)=C/NN)sc12. The minimum atomic E-state index is 0.370. The molecule has 12 heteroatoms. The fourth-order valence-electron chi connectivity index (χ4n) is 2.46. The number of thiazole rings is 1. The van der Waals surface area contributed by atoms with Gasteiger partial charge in [0.15, 0.2) is 11.9 Å². The Morgan fingerprint density at radius 3 is 2.59 bits per heavy atom. The molecule has 2 rings (SSSR count). The van der Waals surface area contributed by atoms with Gasteiger partial charge in [0, 0.05) is 49.9 Å². The average molecular weight is 392 g/mol. The molecular weight excluding hydrogens is 368 g/mol. The van der Waals surface area contributed by atoms with E-state index in [1.165, 1.54) is 23.7 Å². The second-order valence-corrected chi connectivity index (χ2v) is 6.83. The van der Waals surface area contributed by atoms with Crippen molar-refractivity contribution in [2.45, 2.75) is 6.42 Å². The number of aldehydes is 1. The lowest BCUT2D eigenvalue weighted by Crippen LogP contribution is -2.23. The molecule has 0 saturated heterocycles. The van der Waals surface area contributed by atoms with Crippen molar-refractivity contribution in [3.63, 3.8) is 0 Å². The number of nitrogens with zero attached hydrogens (tertiary/aromatic N) is 4. The summed E-state index contributed by atoms with van der Waals surface area (Å²) in [5.41, 5.74) is 19.4. The molecule has 0 aliphatic rings. The number of hydrogen-bond acceptors (Lipinski definition) is 11. The molecule has 2 heterocycles. The maximum absolute atomic E-state index is 11.5. The molecule has 2 aromatic heterocycles. The van der Waals surface area contributed by atoms with E-state index in [4.69, 9.17) is 23.2 Å². The molecule has 146 valence electrons. The highest BCUT2D eigenvalue weighted by atomic mass is 32.1. The highest BCUT2D eigenvalue weighted by Crippen LogP contribution is 2.29. The molecule has 0 saturated carbocycles. The fourth-order valence-corrected chi connectivity index (χ4v) is 3.61. The Morgan fingerprint density at radius 1 is 1.30 bits per heavy atom. The number of hydrogen-bond donors (Lipinski definition) is 6. The predicted molar refractivity (Wildman–Crippen MR) is 107 cm³/mol. The lowest BCUT2D eigenvalue weighted by molar-refractivity contribution is 0.111. The molecule has 0 atom stereocenters. The molecule has 0 bridgehead atoms. The zero-order chi connectivity index (χ0) is 20.0. The van der Waals surface area contributed by atoms with Gasteiger partial charge in [0.2, 0.25) is 0 Å². The molecule has 0 fully saturated rings. The Balaban J connectivity index is 2.35. The summed E-state index contributed by atoms with van der Waals surface area (Å²) < 4.78 is 2.59. The molecule has 0 spiro atoms. The lowest BCUT2D eigenvalue weighted by atomic mass is 10.3. The van der Waals surface area contributed by atoms with Crippen LogP contribution in [-0.4, -0.2) is 40.7 Å². The van der Waals surface area contributed by atoms with E-state index < -0.39 is 0 Å².